The molecule has 7 heteroatoms. The number of morpholine rings is 1. The third-order valence-electron chi connectivity index (χ3n) is 7.16. The Hall–Kier alpha value is -1.02. The maximum Gasteiger partial charge on any atom is 0.146 e. The quantitative estimate of drug-likeness (QED) is 0.815. The first-order valence-electron chi connectivity index (χ1n) is 10.4. The summed E-state index contributed by atoms with van der Waals surface area (Å²) in [6.45, 7) is 10.9. The molecule has 0 radical (unpaired) electrons. The molecule has 144 valence electrons. The fourth-order valence-corrected chi connectivity index (χ4v) is 5.32. The van der Waals surface area contributed by atoms with E-state index in [9.17, 15) is 0 Å². The van der Waals surface area contributed by atoms with Gasteiger partial charge in [-0.2, -0.15) is 0 Å². The van der Waals surface area contributed by atoms with Crippen molar-refractivity contribution in [2.75, 3.05) is 59.0 Å². The normalized spacial score (nSPS) is 33.5. The number of fused-ring (bicyclic) bond motifs is 1. The molecular weight excluding hydrogens is 328 g/mol. The lowest BCUT2D eigenvalue weighted by molar-refractivity contribution is 0.0326. The van der Waals surface area contributed by atoms with Crippen LogP contribution in [0.4, 0.5) is 0 Å². The van der Waals surface area contributed by atoms with Gasteiger partial charge in [0.25, 0.3) is 0 Å². The van der Waals surface area contributed by atoms with Gasteiger partial charge in [0.1, 0.15) is 11.6 Å². The summed E-state index contributed by atoms with van der Waals surface area (Å²) in [5, 5.41) is 12.6. The van der Waals surface area contributed by atoms with Crippen molar-refractivity contribution in [3.63, 3.8) is 0 Å². The number of hydrogen-bond donors (Lipinski definition) is 1. The van der Waals surface area contributed by atoms with Crippen molar-refractivity contribution in [2.45, 2.75) is 25.3 Å². The highest BCUT2D eigenvalue weighted by Gasteiger charge is 2.52. The van der Waals surface area contributed by atoms with Crippen LogP contribution in [0.25, 0.3) is 0 Å². The Morgan fingerprint density at radius 1 is 1.00 bits per heavy atom. The molecule has 0 aromatic carbocycles. The van der Waals surface area contributed by atoms with Gasteiger partial charge in [-0.05, 0) is 56.8 Å². The first-order valence-corrected chi connectivity index (χ1v) is 10.4. The fourth-order valence-electron chi connectivity index (χ4n) is 5.32. The van der Waals surface area contributed by atoms with Crippen LogP contribution in [0, 0.1) is 17.8 Å². The topological polar surface area (TPSA) is 58.5 Å². The lowest BCUT2D eigenvalue weighted by Crippen LogP contribution is -2.37. The highest BCUT2D eigenvalue weighted by molar-refractivity contribution is 5.07. The summed E-state index contributed by atoms with van der Waals surface area (Å²) in [5.74, 6) is 5.80. The lowest BCUT2D eigenvalue weighted by atomic mass is 9.95. The maximum absolute atomic E-state index is 5.44. The molecule has 7 nitrogen and oxygen atoms in total. The molecule has 26 heavy (non-hydrogen) atoms. The number of nitrogens with one attached hydrogen (secondary N) is 1. The van der Waals surface area contributed by atoms with Crippen LogP contribution in [0.2, 0.25) is 0 Å². The zero-order valence-corrected chi connectivity index (χ0v) is 15.9. The van der Waals surface area contributed by atoms with E-state index < -0.39 is 0 Å². The molecule has 1 N–H and O–H groups in total. The zero-order valence-electron chi connectivity index (χ0n) is 15.9. The Labute approximate surface area is 156 Å². The van der Waals surface area contributed by atoms with Crippen LogP contribution in [0.3, 0.4) is 0 Å². The summed E-state index contributed by atoms with van der Waals surface area (Å²) < 4.78 is 7.70. The molecule has 4 aliphatic rings. The molecule has 0 spiro atoms. The third-order valence-corrected chi connectivity index (χ3v) is 7.16. The summed E-state index contributed by atoms with van der Waals surface area (Å²) in [6, 6.07) is 0. The Kier molecular flexibility index (Phi) is 4.73. The standard InChI is InChI=1S/C19H32N6O/c1-23-18(13-25-6-8-26-9-7-25)21-22-19(23)14-2-4-24(5-3-14)12-17-15-10-20-11-16(15)17/h14-17,20H,2-13H2,1H3/t15-,16+,17?. The summed E-state index contributed by atoms with van der Waals surface area (Å²) in [6.07, 6.45) is 2.45. The van der Waals surface area contributed by atoms with Crippen LogP contribution in [0.1, 0.15) is 30.4 Å². The number of rotatable bonds is 5. The van der Waals surface area contributed by atoms with Crippen LogP contribution >= 0.6 is 0 Å². The van der Waals surface area contributed by atoms with Crippen molar-refractivity contribution in [1.82, 2.24) is 29.9 Å². The molecule has 1 aromatic heterocycles. The van der Waals surface area contributed by atoms with E-state index in [-0.39, 0.29) is 0 Å². The second kappa shape index (κ2) is 7.19. The van der Waals surface area contributed by atoms with Gasteiger partial charge < -0.3 is 19.5 Å². The van der Waals surface area contributed by atoms with Crippen LogP contribution in [-0.2, 0) is 18.3 Å². The molecule has 1 aliphatic carbocycles. The molecular formula is C19H32N6O. The highest BCUT2D eigenvalue weighted by atomic mass is 16.5. The predicted molar refractivity (Wildman–Crippen MR) is 98.9 cm³/mol. The van der Waals surface area contributed by atoms with Gasteiger partial charge in [0, 0.05) is 32.6 Å². The van der Waals surface area contributed by atoms with Gasteiger partial charge in [0.15, 0.2) is 0 Å². The fraction of sp³-hybridized carbons (Fsp3) is 0.895. The van der Waals surface area contributed by atoms with Gasteiger partial charge in [-0.15, -0.1) is 10.2 Å². The maximum atomic E-state index is 5.44. The summed E-state index contributed by atoms with van der Waals surface area (Å²) >= 11 is 0. The zero-order chi connectivity index (χ0) is 17.5. The number of likely N-dealkylation sites (tertiary alicyclic amines) is 1. The van der Waals surface area contributed by atoms with Gasteiger partial charge in [-0.3, -0.25) is 4.90 Å². The molecule has 0 amide bonds. The Morgan fingerprint density at radius 3 is 2.46 bits per heavy atom. The first kappa shape index (κ1) is 17.1. The van der Waals surface area contributed by atoms with Crippen molar-refractivity contribution < 1.29 is 4.74 Å². The molecule has 3 atom stereocenters. The average molecular weight is 361 g/mol. The Bertz CT molecular complexity index is 610. The molecule has 0 bridgehead atoms. The van der Waals surface area contributed by atoms with E-state index in [1.54, 1.807) is 0 Å². The Morgan fingerprint density at radius 2 is 1.73 bits per heavy atom. The van der Waals surface area contributed by atoms with Gasteiger partial charge in [0.2, 0.25) is 0 Å². The third kappa shape index (κ3) is 3.30. The molecule has 1 saturated carbocycles. The summed E-state index contributed by atoms with van der Waals surface area (Å²) in [5.41, 5.74) is 0. The van der Waals surface area contributed by atoms with Gasteiger partial charge >= 0.3 is 0 Å². The van der Waals surface area contributed by atoms with Gasteiger partial charge in [0.05, 0.1) is 19.8 Å². The smallest absolute Gasteiger partial charge is 0.146 e. The van der Waals surface area contributed by atoms with E-state index in [0.29, 0.717) is 5.92 Å². The van der Waals surface area contributed by atoms with E-state index in [1.165, 1.54) is 51.4 Å². The van der Waals surface area contributed by atoms with Crippen molar-refractivity contribution in [3.05, 3.63) is 11.6 Å². The van der Waals surface area contributed by atoms with E-state index in [1.807, 2.05) is 0 Å². The second-order valence-corrected chi connectivity index (χ2v) is 8.65. The minimum Gasteiger partial charge on any atom is -0.379 e. The monoisotopic (exact) mass is 360 g/mol. The van der Waals surface area contributed by atoms with Gasteiger partial charge in [-0.1, -0.05) is 0 Å². The molecule has 4 heterocycles. The lowest BCUT2D eigenvalue weighted by Gasteiger charge is -2.32. The number of nitrogens with zero attached hydrogens (tertiary/aromatic N) is 5. The first-order chi connectivity index (χ1) is 12.8. The van der Waals surface area contributed by atoms with Crippen molar-refractivity contribution in [1.29, 1.82) is 0 Å². The van der Waals surface area contributed by atoms with Crippen LogP contribution in [0.5, 0.6) is 0 Å². The van der Waals surface area contributed by atoms with E-state index in [0.717, 1.165) is 56.4 Å². The number of aromatic nitrogens is 3. The molecule has 3 saturated heterocycles. The van der Waals surface area contributed by atoms with Crippen molar-refractivity contribution >= 4 is 0 Å². The van der Waals surface area contributed by atoms with Crippen molar-refractivity contribution in [2.24, 2.45) is 24.8 Å². The minimum absolute atomic E-state index is 0.572. The number of piperidine rings is 2. The average Bonchev–Trinajstić information content (AvgIpc) is 3.01. The minimum atomic E-state index is 0.572. The molecule has 4 fully saturated rings. The number of hydrogen-bond acceptors (Lipinski definition) is 6. The summed E-state index contributed by atoms with van der Waals surface area (Å²) in [7, 11) is 2.15. The number of ether oxygens (including phenoxy) is 1. The molecule has 5 rings (SSSR count). The second-order valence-electron chi connectivity index (χ2n) is 8.65. The van der Waals surface area contributed by atoms with Gasteiger partial charge in [-0.25, -0.2) is 0 Å². The Balaban J connectivity index is 1.14. The highest BCUT2D eigenvalue weighted by Crippen LogP contribution is 2.49. The van der Waals surface area contributed by atoms with E-state index >= 15 is 0 Å². The molecule has 1 aromatic rings. The van der Waals surface area contributed by atoms with Crippen LogP contribution < -0.4 is 5.32 Å². The van der Waals surface area contributed by atoms with Crippen LogP contribution in [-0.4, -0.2) is 83.6 Å². The summed E-state index contributed by atoms with van der Waals surface area (Å²) in [4.78, 5) is 5.12. The van der Waals surface area contributed by atoms with Crippen molar-refractivity contribution in [3.8, 4) is 0 Å². The van der Waals surface area contributed by atoms with E-state index in [2.05, 4.69) is 36.9 Å². The predicted octanol–water partition coefficient (Wildman–Crippen LogP) is 0.292. The van der Waals surface area contributed by atoms with Crippen LogP contribution in [0.15, 0.2) is 0 Å². The molecule has 1 unspecified atom stereocenters. The molecule has 3 aliphatic heterocycles. The SMILES string of the molecule is Cn1c(CN2CCOCC2)nnc1C1CCN(CC2[C@H]3CNC[C@@H]23)CC1. The largest absolute Gasteiger partial charge is 0.379 e. The van der Waals surface area contributed by atoms with E-state index in [4.69, 9.17) is 4.74 Å².